The molecule has 1 amide bonds. The molecular formula is C18H17F2N3O3S. The molecule has 0 spiro atoms. The second-order valence-electron chi connectivity index (χ2n) is 5.97. The zero-order chi connectivity index (χ0) is 19.4. The molecule has 0 atom stereocenters. The highest BCUT2D eigenvalue weighted by molar-refractivity contribution is 7.89. The Bertz CT molecular complexity index is 950. The van der Waals surface area contributed by atoms with Crippen molar-refractivity contribution in [3.8, 4) is 0 Å². The molecule has 1 heterocycles. The van der Waals surface area contributed by atoms with Crippen molar-refractivity contribution in [1.29, 1.82) is 0 Å². The van der Waals surface area contributed by atoms with Gasteiger partial charge in [-0.15, -0.1) is 0 Å². The molecule has 0 bridgehead atoms. The number of nitrogens with one attached hydrogen (secondary N) is 1. The molecule has 1 fully saturated rings. The largest absolute Gasteiger partial charge is 0.271 e. The highest BCUT2D eigenvalue weighted by Crippen LogP contribution is 2.21. The zero-order valence-electron chi connectivity index (χ0n) is 14.2. The van der Waals surface area contributed by atoms with Crippen molar-refractivity contribution in [2.24, 2.45) is 5.10 Å². The molecule has 1 aliphatic heterocycles. The third-order valence-corrected chi connectivity index (χ3v) is 6.09. The van der Waals surface area contributed by atoms with Crippen LogP contribution < -0.4 is 5.43 Å². The van der Waals surface area contributed by atoms with E-state index >= 15 is 0 Å². The minimum Gasteiger partial charge on any atom is -0.267 e. The number of benzene rings is 2. The third kappa shape index (κ3) is 4.20. The van der Waals surface area contributed by atoms with Crippen LogP contribution in [0, 0.1) is 11.6 Å². The van der Waals surface area contributed by atoms with Crippen LogP contribution in [0.25, 0.3) is 0 Å². The summed E-state index contributed by atoms with van der Waals surface area (Å²) in [6, 6.07) is 8.79. The van der Waals surface area contributed by atoms with Gasteiger partial charge in [0.25, 0.3) is 5.91 Å². The van der Waals surface area contributed by atoms with Gasteiger partial charge in [0.15, 0.2) is 0 Å². The highest BCUT2D eigenvalue weighted by atomic mass is 32.2. The molecule has 6 nitrogen and oxygen atoms in total. The summed E-state index contributed by atoms with van der Waals surface area (Å²) in [6.45, 7) is 0.984. The van der Waals surface area contributed by atoms with Crippen LogP contribution in [0.15, 0.2) is 52.5 Å². The molecule has 2 aromatic rings. The lowest BCUT2D eigenvalue weighted by Crippen LogP contribution is -2.28. The monoisotopic (exact) mass is 393 g/mol. The summed E-state index contributed by atoms with van der Waals surface area (Å²) in [5, 5.41) is 3.54. The SMILES string of the molecule is O=C(N/N=C\c1c(F)cccc1F)c1ccc(S(=O)(=O)N2CCCC2)cc1. The van der Waals surface area contributed by atoms with Crippen LogP contribution in [0.5, 0.6) is 0 Å². The van der Waals surface area contributed by atoms with Crippen molar-refractivity contribution in [3.63, 3.8) is 0 Å². The van der Waals surface area contributed by atoms with Crippen LogP contribution in [-0.2, 0) is 10.0 Å². The topological polar surface area (TPSA) is 78.8 Å². The van der Waals surface area contributed by atoms with Crippen LogP contribution in [0.4, 0.5) is 8.78 Å². The lowest BCUT2D eigenvalue weighted by atomic mass is 10.2. The Morgan fingerprint density at radius 1 is 1.04 bits per heavy atom. The van der Waals surface area contributed by atoms with Crippen LogP contribution in [0.2, 0.25) is 0 Å². The van der Waals surface area contributed by atoms with Gasteiger partial charge in [-0.05, 0) is 49.2 Å². The van der Waals surface area contributed by atoms with Gasteiger partial charge in [0.2, 0.25) is 10.0 Å². The highest BCUT2D eigenvalue weighted by Gasteiger charge is 2.27. The first-order valence-corrected chi connectivity index (χ1v) is 9.71. The molecule has 0 radical (unpaired) electrons. The number of sulfonamides is 1. The van der Waals surface area contributed by atoms with Crippen molar-refractivity contribution in [1.82, 2.24) is 9.73 Å². The molecule has 142 valence electrons. The minimum atomic E-state index is -3.55. The zero-order valence-corrected chi connectivity index (χ0v) is 15.0. The first-order chi connectivity index (χ1) is 12.9. The standard InChI is InChI=1S/C18H17F2N3O3S/c19-16-4-3-5-17(20)15(16)12-21-22-18(24)13-6-8-14(9-7-13)27(25,26)23-10-1-2-11-23/h3-9,12H,1-2,10-11H2,(H,22,24)/b21-12-. The van der Waals surface area contributed by atoms with E-state index in [0.717, 1.165) is 31.2 Å². The van der Waals surface area contributed by atoms with E-state index in [1.54, 1.807) is 0 Å². The molecule has 9 heteroatoms. The number of carbonyl (C=O) groups is 1. The number of hydrazone groups is 1. The smallest absolute Gasteiger partial charge is 0.267 e. The Labute approximate surface area is 155 Å². The molecule has 1 N–H and O–H groups in total. The van der Waals surface area contributed by atoms with Crippen LogP contribution in [0.3, 0.4) is 0 Å². The normalized spacial score (nSPS) is 15.3. The molecule has 27 heavy (non-hydrogen) atoms. The van der Waals surface area contributed by atoms with Gasteiger partial charge in [-0.2, -0.15) is 9.41 Å². The molecule has 0 saturated carbocycles. The van der Waals surface area contributed by atoms with Crippen molar-refractivity contribution in [2.75, 3.05) is 13.1 Å². The molecule has 0 aliphatic carbocycles. The lowest BCUT2D eigenvalue weighted by molar-refractivity contribution is 0.0955. The van der Waals surface area contributed by atoms with E-state index in [-0.39, 0.29) is 16.0 Å². The first-order valence-electron chi connectivity index (χ1n) is 8.27. The molecule has 0 aromatic heterocycles. The van der Waals surface area contributed by atoms with Gasteiger partial charge in [0, 0.05) is 18.7 Å². The van der Waals surface area contributed by atoms with Gasteiger partial charge >= 0.3 is 0 Å². The van der Waals surface area contributed by atoms with Crippen molar-refractivity contribution in [3.05, 3.63) is 65.2 Å². The van der Waals surface area contributed by atoms with Crippen molar-refractivity contribution in [2.45, 2.75) is 17.7 Å². The molecule has 1 saturated heterocycles. The number of hydrogen-bond acceptors (Lipinski definition) is 4. The average Bonchev–Trinajstić information content (AvgIpc) is 3.20. The Balaban J connectivity index is 1.68. The number of hydrogen-bond donors (Lipinski definition) is 1. The van der Waals surface area contributed by atoms with Gasteiger partial charge in [0.1, 0.15) is 11.6 Å². The van der Waals surface area contributed by atoms with Gasteiger partial charge < -0.3 is 0 Å². The van der Waals surface area contributed by atoms with Gasteiger partial charge in [-0.25, -0.2) is 22.6 Å². The van der Waals surface area contributed by atoms with E-state index in [1.807, 2.05) is 0 Å². The Hall–Kier alpha value is -2.65. The maximum Gasteiger partial charge on any atom is 0.271 e. The van der Waals surface area contributed by atoms with Crippen LogP contribution >= 0.6 is 0 Å². The third-order valence-electron chi connectivity index (χ3n) is 4.18. The summed E-state index contributed by atoms with van der Waals surface area (Å²) in [7, 11) is -3.55. The van der Waals surface area contributed by atoms with E-state index < -0.39 is 27.6 Å². The summed E-state index contributed by atoms with van der Waals surface area (Å²) in [5.41, 5.74) is 1.95. The first kappa shape index (κ1) is 19.1. The molecule has 2 aromatic carbocycles. The maximum atomic E-state index is 13.5. The van der Waals surface area contributed by atoms with E-state index in [9.17, 15) is 22.0 Å². The van der Waals surface area contributed by atoms with Gasteiger partial charge in [-0.3, -0.25) is 4.79 Å². The van der Waals surface area contributed by atoms with Crippen molar-refractivity contribution >= 4 is 22.1 Å². The number of rotatable bonds is 5. The summed E-state index contributed by atoms with van der Waals surface area (Å²) < 4.78 is 53.2. The second-order valence-corrected chi connectivity index (χ2v) is 7.91. The number of carbonyl (C=O) groups excluding carboxylic acids is 1. The van der Waals surface area contributed by atoms with E-state index in [2.05, 4.69) is 10.5 Å². The number of nitrogens with zero attached hydrogens (tertiary/aromatic N) is 2. The summed E-state index contributed by atoms with van der Waals surface area (Å²) in [6.07, 6.45) is 2.54. The average molecular weight is 393 g/mol. The summed E-state index contributed by atoms with van der Waals surface area (Å²) in [5.74, 6) is -2.23. The summed E-state index contributed by atoms with van der Waals surface area (Å²) >= 11 is 0. The quantitative estimate of drug-likeness (QED) is 0.626. The fourth-order valence-corrected chi connectivity index (χ4v) is 4.23. The van der Waals surface area contributed by atoms with E-state index in [4.69, 9.17) is 0 Å². The number of halogens is 2. The second kappa shape index (κ2) is 7.93. The van der Waals surface area contributed by atoms with Crippen molar-refractivity contribution < 1.29 is 22.0 Å². The fourth-order valence-electron chi connectivity index (χ4n) is 2.71. The maximum absolute atomic E-state index is 13.5. The number of amides is 1. The van der Waals surface area contributed by atoms with Crippen LogP contribution in [-0.4, -0.2) is 37.9 Å². The Morgan fingerprint density at radius 3 is 2.22 bits per heavy atom. The fraction of sp³-hybridized carbons (Fsp3) is 0.222. The predicted molar refractivity (Wildman–Crippen MR) is 95.9 cm³/mol. The Kier molecular flexibility index (Phi) is 5.62. The lowest BCUT2D eigenvalue weighted by Gasteiger charge is -2.15. The van der Waals surface area contributed by atoms with E-state index in [1.165, 1.54) is 34.6 Å². The summed E-state index contributed by atoms with van der Waals surface area (Å²) in [4.78, 5) is 12.2. The van der Waals surface area contributed by atoms with Gasteiger partial charge in [0.05, 0.1) is 16.7 Å². The molecule has 3 rings (SSSR count). The Morgan fingerprint density at radius 2 is 1.63 bits per heavy atom. The molecular weight excluding hydrogens is 376 g/mol. The predicted octanol–water partition coefficient (Wildman–Crippen LogP) is 2.51. The molecule has 0 unspecified atom stereocenters. The molecule has 1 aliphatic rings. The minimum absolute atomic E-state index is 0.109. The van der Waals surface area contributed by atoms with Gasteiger partial charge in [-0.1, -0.05) is 6.07 Å². The van der Waals surface area contributed by atoms with E-state index in [0.29, 0.717) is 13.1 Å². The van der Waals surface area contributed by atoms with Crippen LogP contribution in [0.1, 0.15) is 28.8 Å².